The highest BCUT2D eigenvalue weighted by atomic mass is 32.2. The van der Waals surface area contributed by atoms with Crippen LogP contribution in [0.25, 0.3) is 6.08 Å². The highest BCUT2D eigenvalue weighted by molar-refractivity contribution is 8.00. The molecule has 0 heterocycles. The molecule has 0 fully saturated rings. The molecule has 5 rings (SSSR count). The van der Waals surface area contributed by atoms with E-state index < -0.39 is 11.2 Å². The molecule has 5 aromatic rings. The van der Waals surface area contributed by atoms with Crippen LogP contribution in [0, 0.1) is 20.8 Å². The van der Waals surface area contributed by atoms with Gasteiger partial charge < -0.3 is 16.0 Å². The number of aryl methyl sites for hydroxylation is 3. The van der Waals surface area contributed by atoms with Crippen molar-refractivity contribution in [3.8, 4) is 0 Å². The summed E-state index contributed by atoms with van der Waals surface area (Å²) in [4.78, 5) is 41.1. The van der Waals surface area contributed by atoms with Crippen LogP contribution in [0.5, 0.6) is 0 Å². The lowest BCUT2D eigenvalue weighted by molar-refractivity contribution is -0.116. The topological polar surface area (TPSA) is 87.3 Å². The number of benzene rings is 5. The van der Waals surface area contributed by atoms with E-state index in [1.165, 1.54) is 11.8 Å². The lowest BCUT2D eigenvalue weighted by atomic mass is 10.1. The van der Waals surface area contributed by atoms with E-state index in [-0.39, 0.29) is 17.5 Å². The first-order valence-electron chi connectivity index (χ1n) is 14.9. The Bertz CT molecular complexity index is 1890. The van der Waals surface area contributed by atoms with Crippen LogP contribution in [0.15, 0.2) is 138 Å². The molecule has 46 heavy (non-hydrogen) atoms. The number of thioether (sulfide) groups is 1. The van der Waals surface area contributed by atoms with Crippen molar-refractivity contribution in [3.63, 3.8) is 0 Å². The Labute approximate surface area is 274 Å². The number of hydrogen-bond donors (Lipinski definition) is 3. The van der Waals surface area contributed by atoms with Gasteiger partial charge in [0.25, 0.3) is 11.8 Å². The Balaban J connectivity index is 1.38. The quantitative estimate of drug-likeness (QED) is 0.107. The lowest BCUT2D eigenvalue weighted by Gasteiger charge is -2.19. The van der Waals surface area contributed by atoms with Crippen molar-refractivity contribution in [1.82, 2.24) is 5.32 Å². The van der Waals surface area contributed by atoms with E-state index in [1.807, 2.05) is 118 Å². The normalized spacial score (nSPS) is 11.8. The maximum atomic E-state index is 13.7. The van der Waals surface area contributed by atoms with Gasteiger partial charge in [0.15, 0.2) is 0 Å². The van der Waals surface area contributed by atoms with Crippen LogP contribution in [0.4, 0.5) is 11.4 Å². The molecule has 0 radical (unpaired) electrons. The van der Waals surface area contributed by atoms with Crippen molar-refractivity contribution in [2.75, 3.05) is 10.6 Å². The molecule has 0 spiro atoms. The van der Waals surface area contributed by atoms with Gasteiger partial charge in [0, 0.05) is 21.8 Å². The van der Waals surface area contributed by atoms with Crippen LogP contribution >= 0.6 is 11.8 Å². The summed E-state index contributed by atoms with van der Waals surface area (Å²) in [5.74, 6) is -1.01. The van der Waals surface area contributed by atoms with Crippen LogP contribution in [0.3, 0.4) is 0 Å². The van der Waals surface area contributed by atoms with E-state index in [2.05, 4.69) is 16.0 Å². The first-order valence-corrected chi connectivity index (χ1v) is 15.8. The lowest BCUT2D eigenvalue weighted by Crippen LogP contribution is -2.30. The van der Waals surface area contributed by atoms with Gasteiger partial charge in [-0.25, -0.2) is 0 Å². The highest BCUT2D eigenvalue weighted by Crippen LogP contribution is 2.37. The van der Waals surface area contributed by atoms with Gasteiger partial charge in [-0.2, -0.15) is 0 Å². The first kappa shape index (κ1) is 32.0. The molecule has 1 atom stereocenters. The number of carbonyl (C=O) groups is 3. The molecule has 230 valence electrons. The molecule has 5 aromatic carbocycles. The van der Waals surface area contributed by atoms with E-state index in [1.54, 1.807) is 36.4 Å². The minimum absolute atomic E-state index is 0.104. The smallest absolute Gasteiger partial charge is 0.272 e. The fourth-order valence-electron chi connectivity index (χ4n) is 4.90. The number of nitrogens with one attached hydrogen (secondary N) is 3. The molecule has 3 N–H and O–H groups in total. The Morgan fingerprint density at radius 3 is 2.09 bits per heavy atom. The average Bonchev–Trinajstić information content (AvgIpc) is 3.05. The second-order valence-electron chi connectivity index (χ2n) is 11.0. The van der Waals surface area contributed by atoms with Crippen LogP contribution in [0.2, 0.25) is 0 Å². The monoisotopic (exact) mass is 625 g/mol. The maximum Gasteiger partial charge on any atom is 0.272 e. The van der Waals surface area contributed by atoms with Crippen molar-refractivity contribution in [1.29, 1.82) is 0 Å². The SMILES string of the molecule is Cc1cccc(/C=C(/NC(=O)c2ccccc2)C(=O)Nc2cccc(SC(C(=O)Nc3ccc(C)cc3C)c3ccccc3)c2)c1. The summed E-state index contributed by atoms with van der Waals surface area (Å²) in [6.07, 6.45) is 1.66. The van der Waals surface area contributed by atoms with Gasteiger partial charge in [-0.15, -0.1) is 11.8 Å². The first-order chi connectivity index (χ1) is 22.2. The molecule has 7 heteroatoms. The minimum Gasteiger partial charge on any atom is -0.325 e. The van der Waals surface area contributed by atoms with Crippen molar-refractivity contribution in [3.05, 3.63) is 166 Å². The average molecular weight is 626 g/mol. The Morgan fingerprint density at radius 1 is 0.674 bits per heavy atom. The van der Waals surface area contributed by atoms with Gasteiger partial charge in [0.05, 0.1) is 0 Å². The number of hydrogen-bond acceptors (Lipinski definition) is 4. The van der Waals surface area contributed by atoms with Crippen molar-refractivity contribution >= 4 is 46.9 Å². The zero-order chi connectivity index (χ0) is 32.5. The molecule has 0 saturated carbocycles. The van der Waals surface area contributed by atoms with Crippen LogP contribution < -0.4 is 16.0 Å². The maximum absolute atomic E-state index is 13.7. The van der Waals surface area contributed by atoms with E-state index >= 15 is 0 Å². The van der Waals surface area contributed by atoms with Crippen LogP contribution in [0.1, 0.15) is 43.4 Å². The van der Waals surface area contributed by atoms with Gasteiger partial charge in [0.1, 0.15) is 10.9 Å². The second kappa shape index (κ2) is 15.1. The predicted octanol–water partition coefficient (Wildman–Crippen LogP) is 8.49. The van der Waals surface area contributed by atoms with E-state index in [9.17, 15) is 14.4 Å². The molecule has 1 unspecified atom stereocenters. The molecular weight excluding hydrogens is 591 g/mol. The zero-order valence-electron chi connectivity index (χ0n) is 25.9. The molecule has 0 aliphatic carbocycles. The van der Waals surface area contributed by atoms with E-state index in [0.717, 1.165) is 38.4 Å². The molecule has 3 amide bonds. The fraction of sp³-hybridized carbons (Fsp3) is 0.103. The molecule has 0 aliphatic rings. The summed E-state index contributed by atoms with van der Waals surface area (Å²) in [7, 11) is 0. The van der Waals surface area contributed by atoms with Gasteiger partial charge in [-0.1, -0.05) is 102 Å². The van der Waals surface area contributed by atoms with E-state index in [4.69, 9.17) is 0 Å². The minimum atomic E-state index is -0.546. The highest BCUT2D eigenvalue weighted by Gasteiger charge is 2.23. The molecule has 6 nitrogen and oxygen atoms in total. The van der Waals surface area contributed by atoms with Crippen molar-refractivity contribution in [2.45, 2.75) is 30.9 Å². The van der Waals surface area contributed by atoms with Gasteiger partial charge >= 0.3 is 0 Å². The Kier molecular flexibility index (Phi) is 10.5. The third kappa shape index (κ3) is 8.61. The molecule has 0 aliphatic heterocycles. The second-order valence-corrected chi connectivity index (χ2v) is 12.2. The standard InChI is InChI=1S/C39H35N3O3S/c1-26-12-10-13-29(23-26)24-35(42-37(43)31-16-8-5-9-17-31)38(44)40-32-18-11-19-33(25-32)46-36(30-14-6-4-7-15-30)39(45)41-34-21-20-27(2)22-28(34)3/h4-25,36H,1-3H3,(H,40,44)(H,41,45)(H,42,43)/b35-24+. The summed E-state index contributed by atoms with van der Waals surface area (Å²) in [5, 5.41) is 8.27. The Morgan fingerprint density at radius 2 is 1.37 bits per heavy atom. The van der Waals surface area contributed by atoms with Crippen LogP contribution in [-0.2, 0) is 9.59 Å². The van der Waals surface area contributed by atoms with Crippen molar-refractivity contribution < 1.29 is 14.4 Å². The summed E-state index contributed by atoms with van der Waals surface area (Å²) < 4.78 is 0. The number of amides is 3. The van der Waals surface area contributed by atoms with Crippen molar-refractivity contribution in [2.24, 2.45) is 0 Å². The molecular formula is C39H35N3O3S. The molecule has 0 aromatic heterocycles. The summed E-state index contributed by atoms with van der Waals surface area (Å²) in [5.41, 5.74) is 6.62. The molecule has 0 saturated heterocycles. The number of carbonyl (C=O) groups excluding carboxylic acids is 3. The fourth-order valence-corrected chi connectivity index (χ4v) is 5.99. The number of rotatable bonds is 10. The largest absolute Gasteiger partial charge is 0.325 e. The summed E-state index contributed by atoms with van der Waals surface area (Å²) in [6.45, 7) is 5.96. The van der Waals surface area contributed by atoms with Crippen LogP contribution in [-0.4, -0.2) is 17.7 Å². The zero-order valence-corrected chi connectivity index (χ0v) is 26.7. The predicted molar refractivity (Wildman–Crippen MR) is 188 cm³/mol. The van der Waals surface area contributed by atoms with Gasteiger partial charge in [-0.3, -0.25) is 14.4 Å². The van der Waals surface area contributed by atoms with E-state index in [0.29, 0.717) is 11.3 Å². The summed E-state index contributed by atoms with van der Waals surface area (Å²) >= 11 is 1.39. The number of anilines is 2. The van der Waals surface area contributed by atoms with Gasteiger partial charge in [0.2, 0.25) is 5.91 Å². The summed E-state index contributed by atoms with van der Waals surface area (Å²) in [6, 6.07) is 39.3. The van der Waals surface area contributed by atoms with Gasteiger partial charge in [-0.05, 0) is 79.9 Å². The third-order valence-corrected chi connectivity index (χ3v) is 8.46. The molecule has 0 bridgehead atoms. The third-order valence-electron chi connectivity index (χ3n) is 7.21. The Hall–Kier alpha value is -5.40.